The van der Waals surface area contributed by atoms with E-state index in [9.17, 15) is 35.1 Å². The van der Waals surface area contributed by atoms with Crippen molar-refractivity contribution in [3.05, 3.63) is 0 Å². The molecule has 0 aliphatic heterocycles. The lowest BCUT2D eigenvalue weighted by Crippen LogP contribution is -2.50. The molecule has 0 rings (SSSR count). The van der Waals surface area contributed by atoms with E-state index >= 15 is 0 Å². The van der Waals surface area contributed by atoms with E-state index in [0.29, 0.717) is 0 Å². The molecular formula is C5HCl3F8O. The molecule has 1 atom stereocenters. The molecule has 1 unspecified atom stereocenters. The highest BCUT2D eigenvalue weighted by molar-refractivity contribution is 6.31. The molecule has 0 N–H and O–H groups in total. The van der Waals surface area contributed by atoms with Gasteiger partial charge in [-0.25, -0.2) is 4.74 Å². The number of alkyl halides is 11. The molecule has 0 aromatic carbocycles. The van der Waals surface area contributed by atoms with Crippen molar-refractivity contribution >= 4 is 34.8 Å². The average molecular weight is 335 g/mol. The van der Waals surface area contributed by atoms with Crippen molar-refractivity contribution in [3.63, 3.8) is 0 Å². The quantitative estimate of drug-likeness (QED) is 0.532. The first kappa shape index (κ1) is 17.3. The van der Waals surface area contributed by atoms with Crippen LogP contribution in [0, 0.1) is 0 Å². The summed E-state index contributed by atoms with van der Waals surface area (Å²) in [5.41, 5.74) is 0. The second-order valence-corrected chi connectivity index (χ2v) is 4.00. The maximum atomic E-state index is 12.5. The Morgan fingerprint density at radius 2 is 1.18 bits per heavy atom. The predicted molar refractivity (Wildman–Crippen MR) is 42.2 cm³/mol. The molecular weight excluding hydrogens is 334 g/mol. The Bertz CT molecular complexity index is 271. The number of rotatable bonds is 5. The lowest BCUT2D eigenvalue weighted by atomic mass is 10.4. The van der Waals surface area contributed by atoms with Crippen molar-refractivity contribution in [1.82, 2.24) is 0 Å². The molecule has 0 aliphatic rings. The third-order valence-electron chi connectivity index (χ3n) is 1.18. The third-order valence-corrected chi connectivity index (χ3v) is 2.25. The van der Waals surface area contributed by atoms with E-state index < -0.39 is 28.4 Å². The first-order valence-electron chi connectivity index (χ1n) is 3.34. The molecule has 104 valence electrons. The van der Waals surface area contributed by atoms with Gasteiger partial charge in [-0.05, 0) is 23.2 Å². The second kappa shape index (κ2) is 4.75. The highest BCUT2D eigenvalue weighted by atomic mass is 35.5. The van der Waals surface area contributed by atoms with Gasteiger partial charge in [-0.2, -0.15) is 35.1 Å². The molecule has 0 amide bonds. The van der Waals surface area contributed by atoms with Gasteiger partial charge in [0.15, 0.2) is 0 Å². The lowest BCUT2D eigenvalue weighted by molar-refractivity contribution is -0.418. The summed E-state index contributed by atoms with van der Waals surface area (Å²) in [6, 6.07) is 0. The van der Waals surface area contributed by atoms with Crippen LogP contribution in [0.2, 0.25) is 0 Å². The molecule has 0 fully saturated rings. The summed E-state index contributed by atoms with van der Waals surface area (Å²) in [4.78, 5) is 0. The van der Waals surface area contributed by atoms with Gasteiger partial charge in [-0.3, -0.25) is 0 Å². The van der Waals surface area contributed by atoms with E-state index in [4.69, 9.17) is 0 Å². The predicted octanol–water partition coefficient (Wildman–Crippen LogP) is 4.46. The average Bonchev–Trinajstić information content (AvgIpc) is 1.96. The van der Waals surface area contributed by atoms with Gasteiger partial charge >= 0.3 is 23.0 Å². The fourth-order valence-corrected chi connectivity index (χ4v) is 0.681. The molecule has 12 heteroatoms. The fraction of sp³-hybridized carbons (Fsp3) is 1.00. The van der Waals surface area contributed by atoms with Crippen LogP contribution in [-0.4, -0.2) is 28.4 Å². The van der Waals surface area contributed by atoms with Crippen LogP contribution in [0.25, 0.3) is 0 Å². The first-order valence-corrected chi connectivity index (χ1v) is 4.54. The summed E-state index contributed by atoms with van der Waals surface area (Å²) in [6.45, 7) is 0. The molecule has 1 nitrogen and oxygen atoms in total. The maximum Gasteiger partial charge on any atom is 0.439 e. The van der Waals surface area contributed by atoms with E-state index in [1.807, 2.05) is 0 Å². The van der Waals surface area contributed by atoms with Crippen LogP contribution in [-0.2, 0) is 4.74 Å². The van der Waals surface area contributed by atoms with Crippen LogP contribution < -0.4 is 0 Å². The zero-order valence-electron chi connectivity index (χ0n) is 7.14. The molecule has 0 spiro atoms. The van der Waals surface area contributed by atoms with Crippen molar-refractivity contribution < 1.29 is 39.9 Å². The van der Waals surface area contributed by atoms with Crippen LogP contribution in [0.4, 0.5) is 35.1 Å². The molecule has 0 aromatic heterocycles. The van der Waals surface area contributed by atoms with Crippen molar-refractivity contribution in [3.8, 4) is 0 Å². The number of halogens is 11. The standard InChI is InChI=1S/C5HCl3F8O/c6-1(2(7,9)10)3(11,12)17-5(15,16)4(8,13)14/h1H. The fourth-order valence-electron chi connectivity index (χ4n) is 0.471. The highest BCUT2D eigenvalue weighted by Gasteiger charge is 2.66. The zero-order valence-corrected chi connectivity index (χ0v) is 9.41. The Balaban J connectivity index is 5.01. The molecule has 0 bridgehead atoms. The zero-order chi connectivity index (χ0) is 14.3. The van der Waals surface area contributed by atoms with Crippen molar-refractivity contribution in [1.29, 1.82) is 0 Å². The van der Waals surface area contributed by atoms with Crippen LogP contribution in [0.15, 0.2) is 0 Å². The van der Waals surface area contributed by atoms with Gasteiger partial charge in [0.25, 0.3) is 0 Å². The van der Waals surface area contributed by atoms with Crippen LogP contribution in [0.1, 0.15) is 0 Å². The van der Waals surface area contributed by atoms with Crippen molar-refractivity contribution in [2.75, 3.05) is 0 Å². The van der Waals surface area contributed by atoms with E-state index in [0.717, 1.165) is 0 Å². The minimum Gasteiger partial charge on any atom is -0.248 e. The lowest BCUT2D eigenvalue weighted by Gasteiger charge is -2.29. The van der Waals surface area contributed by atoms with Crippen LogP contribution in [0.5, 0.6) is 0 Å². The Morgan fingerprint density at radius 3 is 1.41 bits per heavy atom. The van der Waals surface area contributed by atoms with Gasteiger partial charge in [-0.15, -0.1) is 11.6 Å². The normalized spacial score (nSPS) is 17.1. The maximum absolute atomic E-state index is 12.5. The Kier molecular flexibility index (Phi) is 4.82. The SMILES string of the molecule is FC(F)(Cl)C(Cl)C(F)(F)OC(F)(F)C(F)(F)Cl. The summed E-state index contributed by atoms with van der Waals surface area (Å²) in [5.74, 6) is 0. The topological polar surface area (TPSA) is 9.23 Å². The summed E-state index contributed by atoms with van der Waals surface area (Å²) in [6.07, 6.45) is -11.5. The summed E-state index contributed by atoms with van der Waals surface area (Å²) in [5, 5.41) is -14.2. The van der Waals surface area contributed by atoms with Crippen LogP contribution in [0.3, 0.4) is 0 Å². The van der Waals surface area contributed by atoms with E-state index in [1.54, 1.807) is 0 Å². The molecule has 0 aliphatic carbocycles. The van der Waals surface area contributed by atoms with Gasteiger partial charge in [-0.1, -0.05) is 0 Å². The van der Waals surface area contributed by atoms with Gasteiger partial charge in [0.2, 0.25) is 5.38 Å². The Hall–Kier alpha value is 0.270. The molecule has 17 heavy (non-hydrogen) atoms. The summed E-state index contributed by atoms with van der Waals surface area (Å²) < 4.78 is 99.8. The molecule has 0 saturated carbocycles. The smallest absolute Gasteiger partial charge is 0.248 e. The Labute approximate surface area is 104 Å². The number of hydrogen-bond acceptors (Lipinski definition) is 1. The molecule has 0 heterocycles. The van der Waals surface area contributed by atoms with Crippen LogP contribution >= 0.6 is 34.8 Å². The van der Waals surface area contributed by atoms with E-state index in [1.165, 1.54) is 0 Å². The highest BCUT2D eigenvalue weighted by Crippen LogP contribution is 2.46. The van der Waals surface area contributed by atoms with Crippen molar-refractivity contribution in [2.45, 2.75) is 28.4 Å². The third kappa shape index (κ3) is 4.46. The summed E-state index contributed by atoms with van der Waals surface area (Å²) >= 11 is 12.1. The number of hydrogen-bond donors (Lipinski definition) is 0. The van der Waals surface area contributed by atoms with Gasteiger partial charge in [0.1, 0.15) is 0 Å². The van der Waals surface area contributed by atoms with Crippen molar-refractivity contribution in [2.24, 2.45) is 0 Å². The monoisotopic (exact) mass is 334 g/mol. The number of ether oxygens (including phenoxy) is 1. The van der Waals surface area contributed by atoms with E-state index in [-0.39, 0.29) is 0 Å². The first-order chi connectivity index (χ1) is 7.11. The second-order valence-electron chi connectivity index (χ2n) is 2.58. The molecule has 0 radical (unpaired) electrons. The van der Waals surface area contributed by atoms with E-state index in [2.05, 4.69) is 39.5 Å². The van der Waals surface area contributed by atoms with Gasteiger partial charge in [0, 0.05) is 0 Å². The largest absolute Gasteiger partial charge is 0.439 e. The Morgan fingerprint density at radius 1 is 0.824 bits per heavy atom. The summed E-state index contributed by atoms with van der Waals surface area (Å²) in [7, 11) is 0. The minimum absolute atomic E-state index is 2.23. The molecule has 0 aromatic rings. The molecule has 0 saturated heterocycles. The van der Waals surface area contributed by atoms with Gasteiger partial charge < -0.3 is 0 Å². The minimum atomic E-state index is -5.92. The van der Waals surface area contributed by atoms with Gasteiger partial charge in [0.05, 0.1) is 0 Å².